The van der Waals surface area contributed by atoms with E-state index < -0.39 is 0 Å². The molecule has 0 spiro atoms. The number of carbonyl (C=O) groups excluding carboxylic acids is 1. The predicted octanol–water partition coefficient (Wildman–Crippen LogP) is 3.56. The van der Waals surface area contributed by atoms with E-state index in [2.05, 4.69) is 10.3 Å². The molecule has 0 aliphatic rings. The van der Waals surface area contributed by atoms with E-state index in [9.17, 15) is 4.79 Å². The number of hydrogen-bond acceptors (Lipinski definition) is 4. The van der Waals surface area contributed by atoms with Crippen LogP contribution in [0.15, 0.2) is 54.6 Å². The molecule has 0 N–H and O–H groups in total. The van der Waals surface area contributed by atoms with Crippen LogP contribution in [0.3, 0.4) is 0 Å². The summed E-state index contributed by atoms with van der Waals surface area (Å²) in [6.45, 7) is 2.64. The van der Waals surface area contributed by atoms with Crippen molar-refractivity contribution in [2.45, 2.75) is 20.1 Å². The second kappa shape index (κ2) is 7.82. The molecular formula is C20H22N4O2. The number of aryl methyl sites for hydroxylation is 2. The number of carbonyl (C=O) groups is 1. The minimum Gasteiger partial charge on any atom is -0.443 e. The standard InChI is InChI=1S/C20H22N4O2/c1-15-9-11-17(12-10-15)19-18(24(3)22-21-19)14-26-20(25)23(2)13-16-7-5-4-6-8-16/h4-12H,13-14H2,1-3H3. The molecular weight excluding hydrogens is 328 g/mol. The average Bonchev–Trinajstić information content (AvgIpc) is 3.01. The molecule has 0 radical (unpaired) electrons. The first-order valence-electron chi connectivity index (χ1n) is 8.42. The summed E-state index contributed by atoms with van der Waals surface area (Å²) < 4.78 is 7.11. The first-order valence-corrected chi connectivity index (χ1v) is 8.42. The van der Waals surface area contributed by atoms with Gasteiger partial charge in [-0.15, -0.1) is 5.10 Å². The Balaban J connectivity index is 1.67. The zero-order valence-electron chi connectivity index (χ0n) is 15.2. The number of hydrogen-bond donors (Lipinski definition) is 0. The van der Waals surface area contributed by atoms with Gasteiger partial charge in [-0.2, -0.15) is 0 Å². The molecule has 1 aromatic heterocycles. The van der Waals surface area contributed by atoms with Crippen molar-refractivity contribution in [3.05, 3.63) is 71.4 Å². The average molecular weight is 350 g/mol. The van der Waals surface area contributed by atoms with Crippen molar-refractivity contribution in [2.75, 3.05) is 7.05 Å². The van der Waals surface area contributed by atoms with Crippen LogP contribution in [0.2, 0.25) is 0 Å². The van der Waals surface area contributed by atoms with E-state index in [1.807, 2.05) is 61.5 Å². The molecule has 0 bridgehead atoms. The summed E-state index contributed by atoms with van der Waals surface area (Å²) in [5.74, 6) is 0. The van der Waals surface area contributed by atoms with E-state index in [1.54, 1.807) is 23.7 Å². The lowest BCUT2D eigenvalue weighted by atomic mass is 10.1. The molecule has 0 aliphatic carbocycles. The van der Waals surface area contributed by atoms with E-state index in [1.165, 1.54) is 5.56 Å². The monoisotopic (exact) mass is 350 g/mol. The molecule has 0 saturated heterocycles. The number of benzene rings is 2. The maximum Gasteiger partial charge on any atom is 0.410 e. The second-order valence-corrected chi connectivity index (χ2v) is 6.27. The third-order valence-corrected chi connectivity index (χ3v) is 4.17. The molecule has 1 heterocycles. The van der Waals surface area contributed by atoms with Gasteiger partial charge in [0.15, 0.2) is 0 Å². The highest BCUT2D eigenvalue weighted by Crippen LogP contribution is 2.22. The van der Waals surface area contributed by atoms with Gasteiger partial charge in [-0.25, -0.2) is 9.48 Å². The molecule has 6 heteroatoms. The van der Waals surface area contributed by atoms with E-state index in [0.29, 0.717) is 6.54 Å². The maximum atomic E-state index is 12.3. The molecule has 1 amide bonds. The van der Waals surface area contributed by atoms with Gasteiger partial charge in [0.25, 0.3) is 0 Å². The molecule has 0 aliphatic heterocycles. The topological polar surface area (TPSA) is 60.2 Å². The summed E-state index contributed by atoms with van der Waals surface area (Å²) in [5, 5.41) is 8.28. The first-order chi connectivity index (χ1) is 12.5. The Morgan fingerprint density at radius 3 is 2.50 bits per heavy atom. The van der Waals surface area contributed by atoms with Crippen molar-refractivity contribution in [3.63, 3.8) is 0 Å². The molecule has 2 aromatic carbocycles. The minimum atomic E-state index is -0.384. The van der Waals surface area contributed by atoms with Crippen molar-refractivity contribution in [2.24, 2.45) is 7.05 Å². The highest BCUT2D eigenvalue weighted by Gasteiger charge is 2.17. The highest BCUT2D eigenvalue weighted by molar-refractivity contribution is 5.68. The summed E-state index contributed by atoms with van der Waals surface area (Å²) in [5.41, 5.74) is 4.66. The molecule has 134 valence electrons. The molecule has 6 nitrogen and oxygen atoms in total. The van der Waals surface area contributed by atoms with Gasteiger partial charge in [-0.1, -0.05) is 65.4 Å². The van der Waals surface area contributed by atoms with Crippen LogP contribution in [-0.2, 0) is 24.9 Å². The van der Waals surface area contributed by atoms with Gasteiger partial charge in [-0.3, -0.25) is 0 Å². The van der Waals surface area contributed by atoms with Crippen LogP contribution in [0.5, 0.6) is 0 Å². The SMILES string of the molecule is Cc1ccc(-c2nnn(C)c2COC(=O)N(C)Cc2ccccc2)cc1. The second-order valence-electron chi connectivity index (χ2n) is 6.27. The largest absolute Gasteiger partial charge is 0.443 e. The quantitative estimate of drug-likeness (QED) is 0.706. The van der Waals surface area contributed by atoms with Gasteiger partial charge in [0.2, 0.25) is 0 Å². The van der Waals surface area contributed by atoms with Crippen molar-refractivity contribution >= 4 is 6.09 Å². The fourth-order valence-corrected chi connectivity index (χ4v) is 2.64. The molecule has 3 rings (SSSR count). The van der Waals surface area contributed by atoms with Crippen LogP contribution in [0.4, 0.5) is 4.79 Å². The van der Waals surface area contributed by atoms with Gasteiger partial charge >= 0.3 is 6.09 Å². The molecule has 26 heavy (non-hydrogen) atoms. The number of ether oxygens (including phenoxy) is 1. The van der Waals surface area contributed by atoms with Crippen LogP contribution < -0.4 is 0 Å². The van der Waals surface area contributed by atoms with E-state index >= 15 is 0 Å². The van der Waals surface area contributed by atoms with E-state index in [0.717, 1.165) is 22.5 Å². The minimum absolute atomic E-state index is 0.116. The van der Waals surface area contributed by atoms with Gasteiger partial charge < -0.3 is 9.64 Å². The van der Waals surface area contributed by atoms with Crippen LogP contribution in [0.1, 0.15) is 16.8 Å². The molecule has 0 atom stereocenters. The van der Waals surface area contributed by atoms with Crippen molar-refractivity contribution in [1.82, 2.24) is 19.9 Å². The Kier molecular flexibility index (Phi) is 5.31. The van der Waals surface area contributed by atoms with Crippen LogP contribution in [0.25, 0.3) is 11.3 Å². The van der Waals surface area contributed by atoms with Crippen molar-refractivity contribution in [3.8, 4) is 11.3 Å². The van der Waals surface area contributed by atoms with E-state index in [-0.39, 0.29) is 12.7 Å². The predicted molar refractivity (Wildman–Crippen MR) is 99.3 cm³/mol. The van der Waals surface area contributed by atoms with Gasteiger partial charge in [0.1, 0.15) is 18.0 Å². The Bertz CT molecular complexity index is 873. The fraction of sp³-hybridized carbons (Fsp3) is 0.250. The third-order valence-electron chi connectivity index (χ3n) is 4.17. The molecule has 0 unspecified atom stereocenters. The molecule has 0 saturated carbocycles. The normalized spacial score (nSPS) is 10.6. The maximum absolute atomic E-state index is 12.3. The highest BCUT2D eigenvalue weighted by atomic mass is 16.6. The molecule has 0 fully saturated rings. The lowest BCUT2D eigenvalue weighted by Crippen LogP contribution is -2.27. The Morgan fingerprint density at radius 1 is 1.12 bits per heavy atom. The summed E-state index contributed by atoms with van der Waals surface area (Å²) in [4.78, 5) is 13.8. The Labute approximate surface area is 153 Å². The van der Waals surface area contributed by atoms with Crippen molar-refractivity contribution in [1.29, 1.82) is 0 Å². The van der Waals surface area contributed by atoms with Gasteiger partial charge in [0.05, 0.1) is 0 Å². The third kappa shape index (κ3) is 4.08. The van der Waals surface area contributed by atoms with Crippen LogP contribution in [-0.4, -0.2) is 33.0 Å². The fourth-order valence-electron chi connectivity index (χ4n) is 2.64. The van der Waals surface area contributed by atoms with Crippen molar-refractivity contribution < 1.29 is 9.53 Å². The summed E-state index contributed by atoms with van der Waals surface area (Å²) in [7, 11) is 3.51. The number of aromatic nitrogens is 3. The lowest BCUT2D eigenvalue weighted by molar-refractivity contribution is 0.101. The summed E-state index contributed by atoms with van der Waals surface area (Å²) in [6, 6.07) is 17.8. The smallest absolute Gasteiger partial charge is 0.410 e. The summed E-state index contributed by atoms with van der Waals surface area (Å²) in [6.07, 6.45) is -0.384. The number of rotatable bonds is 5. The van der Waals surface area contributed by atoms with Crippen LogP contribution >= 0.6 is 0 Å². The van der Waals surface area contributed by atoms with Crippen LogP contribution in [0, 0.1) is 6.92 Å². The number of amides is 1. The lowest BCUT2D eigenvalue weighted by Gasteiger charge is -2.17. The van der Waals surface area contributed by atoms with E-state index in [4.69, 9.17) is 4.74 Å². The molecule has 3 aromatic rings. The number of nitrogens with zero attached hydrogens (tertiary/aromatic N) is 4. The Hall–Kier alpha value is -3.15. The van der Waals surface area contributed by atoms with Gasteiger partial charge in [-0.05, 0) is 12.5 Å². The Morgan fingerprint density at radius 2 is 1.81 bits per heavy atom. The first kappa shape index (κ1) is 17.7. The zero-order chi connectivity index (χ0) is 18.5. The summed E-state index contributed by atoms with van der Waals surface area (Å²) >= 11 is 0. The zero-order valence-corrected chi connectivity index (χ0v) is 15.2. The van der Waals surface area contributed by atoms with Gasteiger partial charge in [0, 0.05) is 26.2 Å².